The number of rotatable bonds is 0. The van der Waals surface area contributed by atoms with Crippen molar-refractivity contribution in [2.24, 2.45) is 40.4 Å². The fourth-order valence-corrected chi connectivity index (χ4v) is 9.58. The third kappa shape index (κ3) is 2.94. The van der Waals surface area contributed by atoms with Gasteiger partial charge in [0.25, 0.3) is 0 Å². The second-order valence-corrected chi connectivity index (χ2v) is 13.2. The fourth-order valence-electron chi connectivity index (χ4n) is 9.58. The molecule has 6 heteroatoms. The van der Waals surface area contributed by atoms with E-state index < -0.39 is 23.6 Å². The highest BCUT2D eigenvalue weighted by Gasteiger charge is 2.72. The summed E-state index contributed by atoms with van der Waals surface area (Å²) in [5, 5.41) is 43.8. The lowest BCUT2D eigenvalue weighted by molar-refractivity contribution is -0.295. The van der Waals surface area contributed by atoms with Gasteiger partial charge in [0.1, 0.15) is 0 Å². The van der Waals surface area contributed by atoms with Crippen LogP contribution in [0.25, 0.3) is 0 Å². The lowest BCUT2D eigenvalue weighted by Gasteiger charge is -2.61. The maximum Gasteiger partial charge on any atom is 0.171 e. The van der Waals surface area contributed by atoms with Gasteiger partial charge in [0, 0.05) is 23.7 Å². The summed E-state index contributed by atoms with van der Waals surface area (Å²) in [6, 6.07) is 0. The average Bonchev–Trinajstić information content (AvgIpc) is 3.19. The molecule has 0 unspecified atom stereocenters. The molecule has 0 amide bonds. The van der Waals surface area contributed by atoms with Crippen LogP contribution in [0.4, 0.5) is 0 Å². The van der Waals surface area contributed by atoms with Crippen molar-refractivity contribution in [3.05, 3.63) is 11.6 Å². The van der Waals surface area contributed by atoms with E-state index in [1.54, 1.807) is 0 Å². The minimum Gasteiger partial charge on any atom is -0.393 e. The number of aliphatic hydroxyl groups excluding tert-OH is 3. The maximum atomic E-state index is 11.8. The van der Waals surface area contributed by atoms with Gasteiger partial charge >= 0.3 is 0 Å². The largest absolute Gasteiger partial charge is 0.393 e. The number of fused-ring (bicyclic) bond motifs is 7. The molecule has 2 heterocycles. The number of hydrogen-bond donors (Lipinski definition) is 4. The monoisotopic (exact) mass is 462 g/mol. The van der Waals surface area contributed by atoms with Crippen LogP contribution in [0.1, 0.15) is 72.6 Å². The van der Waals surface area contributed by atoms with Gasteiger partial charge in [0.05, 0.1) is 36.6 Å². The van der Waals surface area contributed by atoms with Gasteiger partial charge in [-0.05, 0) is 68.6 Å². The van der Waals surface area contributed by atoms with Crippen molar-refractivity contribution in [3.8, 4) is 0 Å². The normalized spacial score (nSPS) is 62.3. The van der Waals surface area contributed by atoms with Crippen molar-refractivity contribution < 1.29 is 29.9 Å². The zero-order chi connectivity index (χ0) is 23.6. The topological polar surface area (TPSA) is 99.4 Å². The molecule has 33 heavy (non-hydrogen) atoms. The minimum absolute atomic E-state index is 0.00464. The zero-order valence-corrected chi connectivity index (χ0v) is 20.5. The summed E-state index contributed by atoms with van der Waals surface area (Å²) in [4.78, 5) is 0. The van der Waals surface area contributed by atoms with Gasteiger partial charge in [0.15, 0.2) is 5.79 Å². The molecule has 3 saturated carbocycles. The van der Waals surface area contributed by atoms with Crippen LogP contribution in [-0.2, 0) is 9.47 Å². The Morgan fingerprint density at radius 2 is 1.76 bits per heavy atom. The molecule has 5 fully saturated rings. The van der Waals surface area contributed by atoms with Gasteiger partial charge in [-0.25, -0.2) is 0 Å². The van der Waals surface area contributed by atoms with Crippen molar-refractivity contribution in [1.29, 1.82) is 0 Å². The summed E-state index contributed by atoms with van der Waals surface area (Å²) in [5.74, 6) is 0.118. The van der Waals surface area contributed by atoms with Gasteiger partial charge in [0.2, 0.25) is 0 Å². The molecule has 2 saturated heterocycles. The van der Waals surface area contributed by atoms with Crippen molar-refractivity contribution in [1.82, 2.24) is 0 Å². The van der Waals surface area contributed by atoms with Crippen molar-refractivity contribution in [2.45, 2.75) is 108 Å². The molecule has 0 radical (unpaired) electrons. The minimum atomic E-state index is -0.810. The Morgan fingerprint density at radius 3 is 2.45 bits per heavy atom. The highest BCUT2D eigenvalue weighted by molar-refractivity contribution is 5.29. The first kappa shape index (κ1) is 22.9. The molecule has 4 aliphatic carbocycles. The van der Waals surface area contributed by atoms with E-state index in [0.717, 1.165) is 19.3 Å². The molecule has 4 N–H and O–H groups in total. The fraction of sp³-hybridized carbons (Fsp3) is 0.926. The van der Waals surface area contributed by atoms with Gasteiger partial charge in [-0.15, -0.1) is 0 Å². The van der Waals surface area contributed by atoms with Gasteiger partial charge in [-0.1, -0.05) is 32.4 Å². The molecular formula is C27H42O6. The molecule has 1 spiro atoms. The maximum absolute atomic E-state index is 11.8. The van der Waals surface area contributed by atoms with E-state index in [-0.39, 0.29) is 59.2 Å². The Morgan fingerprint density at radius 1 is 1.00 bits per heavy atom. The smallest absolute Gasteiger partial charge is 0.171 e. The molecule has 0 aromatic rings. The SMILES string of the molecule is C[C@H]1[C@H]2[C@H](C[C@H]3[C@@H]4[C@@H](O)C=C5C[C@@H](O)CC[C@]5(C)[C@H]4C[C@@H](O)[C@]23C)O[C@]12CC[C@@](C)(O)CO2. The average molecular weight is 463 g/mol. The van der Waals surface area contributed by atoms with E-state index in [9.17, 15) is 20.4 Å². The molecule has 186 valence electrons. The second kappa shape index (κ2) is 7.04. The second-order valence-electron chi connectivity index (χ2n) is 13.2. The molecule has 0 aromatic carbocycles. The van der Waals surface area contributed by atoms with Crippen LogP contribution in [0.15, 0.2) is 11.6 Å². The molecular weight excluding hydrogens is 420 g/mol. The van der Waals surface area contributed by atoms with E-state index in [0.29, 0.717) is 25.7 Å². The predicted octanol–water partition coefficient (Wildman–Crippen LogP) is 2.77. The summed E-state index contributed by atoms with van der Waals surface area (Å²) in [6.07, 6.45) is 5.95. The molecule has 6 aliphatic rings. The highest BCUT2D eigenvalue weighted by atomic mass is 16.7. The molecule has 2 aliphatic heterocycles. The van der Waals surface area contributed by atoms with Crippen LogP contribution < -0.4 is 0 Å². The number of ether oxygens (including phenoxy) is 2. The first-order valence-corrected chi connectivity index (χ1v) is 13.2. The Hall–Kier alpha value is -0.500. The van der Waals surface area contributed by atoms with Crippen molar-refractivity contribution in [3.63, 3.8) is 0 Å². The van der Waals surface area contributed by atoms with E-state index in [2.05, 4.69) is 20.8 Å². The molecule has 6 nitrogen and oxygen atoms in total. The summed E-state index contributed by atoms with van der Waals surface area (Å²) in [5.41, 5.74) is -0.0192. The van der Waals surface area contributed by atoms with Crippen LogP contribution in [0.5, 0.6) is 0 Å². The summed E-state index contributed by atoms with van der Waals surface area (Å²) in [7, 11) is 0. The first-order valence-electron chi connectivity index (χ1n) is 13.2. The first-order chi connectivity index (χ1) is 15.4. The Bertz CT molecular complexity index is 844. The van der Waals surface area contributed by atoms with E-state index in [1.165, 1.54) is 5.57 Å². The van der Waals surface area contributed by atoms with Gasteiger partial charge in [-0.2, -0.15) is 0 Å². The summed E-state index contributed by atoms with van der Waals surface area (Å²) >= 11 is 0. The lowest BCUT2D eigenvalue weighted by Crippen LogP contribution is -2.60. The van der Waals surface area contributed by atoms with Crippen LogP contribution >= 0.6 is 0 Å². The number of aliphatic hydroxyl groups is 4. The van der Waals surface area contributed by atoms with E-state index in [4.69, 9.17) is 9.47 Å². The highest BCUT2D eigenvalue weighted by Crippen LogP contribution is 2.70. The van der Waals surface area contributed by atoms with Gasteiger partial charge < -0.3 is 29.9 Å². The third-order valence-corrected chi connectivity index (χ3v) is 11.5. The van der Waals surface area contributed by atoms with Crippen LogP contribution in [0.3, 0.4) is 0 Å². The number of hydrogen-bond acceptors (Lipinski definition) is 6. The lowest BCUT2D eigenvalue weighted by atomic mass is 9.45. The zero-order valence-electron chi connectivity index (χ0n) is 20.5. The third-order valence-electron chi connectivity index (χ3n) is 11.5. The summed E-state index contributed by atoms with van der Waals surface area (Å²) in [6.45, 7) is 8.84. The Labute approximate surface area is 197 Å². The quantitative estimate of drug-likeness (QED) is 0.413. The van der Waals surface area contributed by atoms with E-state index in [1.807, 2.05) is 13.0 Å². The van der Waals surface area contributed by atoms with Crippen molar-refractivity contribution in [2.75, 3.05) is 6.61 Å². The molecule has 0 bridgehead atoms. The molecule has 13 atom stereocenters. The van der Waals surface area contributed by atoms with Crippen LogP contribution in [0, 0.1) is 40.4 Å². The summed E-state index contributed by atoms with van der Waals surface area (Å²) < 4.78 is 12.9. The van der Waals surface area contributed by atoms with E-state index >= 15 is 0 Å². The Kier molecular flexibility index (Phi) is 4.89. The predicted molar refractivity (Wildman–Crippen MR) is 122 cm³/mol. The molecule has 6 rings (SSSR count). The van der Waals surface area contributed by atoms with Crippen LogP contribution in [0.2, 0.25) is 0 Å². The van der Waals surface area contributed by atoms with Gasteiger partial charge in [-0.3, -0.25) is 0 Å². The van der Waals surface area contributed by atoms with Crippen LogP contribution in [-0.4, -0.2) is 62.8 Å². The molecule has 0 aromatic heterocycles. The Balaban J connectivity index is 1.33. The standard InChI is InChI=1S/C27H42O6/c1-14-23-20(33-27(14)8-7-24(2,31)13-32-27)11-18-22-17(12-21(30)26(18,23)4)25(3)6-5-16(28)9-15(25)10-19(22)29/h10,14,16-23,28-31H,5-9,11-13H2,1-4H3/t14-,16-,17-,18-,19-,20-,21+,22+,23-,24+,25-,26+,27+/m0/s1. The van der Waals surface area contributed by atoms with Crippen molar-refractivity contribution >= 4 is 0 Å².